The van der Waals surface area contributed by atoms with Gasteiger partial charge in [-0.15, -0.1) is 0 Å². The van der Waals surface area contributed by atoms with E-state index in [9.17, 15) is 9.90 Å². The van der Waals surface area contributed by atoms with Gasteiger partial charge in [-0.25, -0.2) is 4.98 Å². The quantitative estimate of drug-likeness (QED) is 0.801. The van der Waals surface area contributed by atoms with E-state index in [0.29, 0.717) is 28.1 Å². The van der Waals surface area contributed by atoms with E-state index in [1.165, 1.54) is 37.2 Å². The van der Waals surface area contributed by atoms with E-state index in [1.807, 2.05) is 0 Å². The summed E-state index contributed by atoms with van der Waals surface area (Å²) in [5.74, 6) is 1.05. The van der Waals surface area contributed by atoms with Crippen molar-refractivity contribution in [3.8, 4) is 22.9 Å². The number of rotatable bonds is 3. The van der Waals surface area contributed by atoms with Crippen molar-refractivity contribution in [2.24, 2.45) is 0 Å². The maximum absolute atomic E-state index is 12.7. The molecule has 0 aliphatic heterocycles. The Labute approximate surface area is 126 Å². The first-order chi connectivity index (χ1) is 10.6. The molecule has 6 heteroatoms. The van der Waals surface area contributed by atoms with E-state index < -0.39 is 0 Å². The van der Waals surface area contributed by atoms with Crippen LogP contribution in [0.3, 0.4) is 0 Å². The lowest BCUT2D eigenvalue weighted by atomic mass is 10.2. The predicted molar refractivity (Wildman–Crippen MR) is 82.1 cm³/mol. The van der Waals surface area contributed by atoms with Crippen molar-refractivity contribution in [2.45, 2.75) is 0 Å². The molecule has 1 heterocycles. The Bertz CT molecular complexity index is 902. The molecule has 0 radical (unpaired) electrons. The van der Waals surface area contributed by atoms with Gasteiger partial charge in [0.15, 0.2) is 11.5 Å². The molecule has 0 unspecified atom stereocenters. The van der Waals surface area contributed by atoms with Crippen LogP contribution in [-0.2, 0) is 0 Å². The molecule has 6 nitrogen and oxygen atoms in total. The summed E-state index contributed by atoms with van der Waals surface area (Å²) in [6, 6.07) is 9.67. The fraction of sp³-hybridized carbons (Fsp3) is 0.125. The number of hydrogen-bond donors (Lipinski definition) is 1. The molecule has 0 saturated heterocycles. The Morgan fingerprint density at radius 3 is 2.50 bits per heavy atom. The van der Waals surface area contributed by atoms with Gasteiger partial charge < -0.3 is 14.6 Å². The number of nitrogens with zero attached hydrogens (tertiary/aromatic N) is 2. The van der Waals surface area contributed by atoms with Crippen LogP contribution < -0.4 is 15.0 Å². The van der Waals surface area contributed by atoms with Crippen molar-refractivity contribution >= 4 is 10.9 Å². The summed E-state index contributed by atoms with van der Waals surface area (Å²) in [6.07, 6.45) is 1.42. The highest BCUT2D eigenvalue weighted by atomic mass is 16.5. The third-order valence-electron chi connectivity index (χ3n) is 3.37. The van der Waals surface area contributed by atoms with Crippen molar-refractivity contribution in [3.63, 3.8) is 0 Å². The van der Waals surface area contributed by atoms with Crippen molar-refractivity contribution in [1.82, 2.24) is 9.55 Å². The number of hydrogen-bond acceptors (Lipinski definition) is 5. The van der Waals surface area contributed by atoms with E-state index in [1.54, 1.807) is 24.3 Å². The first-order valence-corrected chi connectivity index (χ1v) is 6.57. The van der Waals surface area contributed by atoms with Crippen LogP contribution in [0.2, 0.25) is 0 Å². The number of aromatic hydroxyl groups is 1. The summed E-state index contributed by atoms with van der Waals surface area (Å²) in [6.45, 7) is 0. The fourth-order valence-corrected chi connectivity index (χ4v) is 2.28. The summed E-state index contributed by atoms with van der Waals surface area (Å²) in [5, 5.41) is 9.96. The molecule has 0 atom stereocenters. The molecule has 112 valence electrons. The largest absolute Gasteiger partial charge is 0.508 e. The van der Waals surface area contributed by atoms with Gasteiger partial charge in [0.2, 0.25) is 0 Å². The smallest absolute Gasteiger partial charge is 0.265 e. The Morgan fingerprint density at radius 2 is 1.82 bits per heavy atom. The van der Waals surface area contributed by atoms with E-state index in [2.05, 4.69) is 4.98 Å². The average molecular weight is 298 g/mol. The van der Waals surface area contributed by atoms with Crippen LogP contribution in [0.25, 0.3) is 16.6 Å². The highest BCUT2D eigenvalue weighted by Crippen LogP contribution is 2.30. The molecule has 0 fully saturated rings. The SMILES string of the molecule is COc1cc2ncn(-c3cccc(O)c3)c(=O)c2cc1OC. The molecule has 0 aliphatic rings. The number of phenolic OH excluding ortho intramolecular Hbond substituents is 1. The second-order valence-corrected chi connectivity index (χ2v) is 4.66. The second-order valence-electron chi connectivity index (χ2n) is 4.66. The Kier molecular flexibility index (Phi) is 3.42. The van der Waals surface area contributed by atoms with Crippen LogP contribution in [0.15, 0.2) is 47.5 Å². The highest BCUT2D eigenvalue weighted by Gasteiger charge is 2.11. The second kappa shape index (κ2) is 5.40. The number of methoxy groups -OCH3 is 2. The first kappa shape index (κ1) is 13.9. The maximum Gasteiger partial charge on any atom is 0.265 e. The van der Waals surface area contributed by atoms with E-state index >= 15 is 0 Å². The number of aromatic nitrogens is 2. The normalized spacial score (nSPS) is 10.6. The number of ether oxygens (including phenoxy) is 2. The van der Waals surface area contributed by atoms with Crippen molar-refractivity contribution in [3.05, 3.63) is 53.1 Å². The summed E-state index contributed by atoms with van der Waals surface area (Å²) < 4.78 is 11.8. The zero-order chi connectivity index (χ0) is 15.7. The summed E-state index contributed by atoms with van der Waals surface area (Å²) >= 11 is 0. The van der Waals surface area contributed by atoms with Crippen LogP contribution in [0.4, 0.5) is 0 Å². The van der Waals surface area contributed by atoms with Crippen LogP contribution >= 0.6 is 0 Å². The zero-order valence-corrected chi connectivity index (χ0v) is 12.1. The van der Waals surface area contributed by atoms with Gasteiger partial charge in [0.05, 0.1) is 30.8 Å². The Balaban J connectivity index is 2.27. The minimum absolute atomic E-state index is 0.0804. The fourth-order valence-electron chi connectivity index (χ4n) is 2.28. The summed E-state index contributed by atoms with van der Waals surface area (Å²) in [5.41, 5.74) is 0.796. The molecule has 2 aromatic carbocycles. The minimum Gasteiger partial charge on any atom is -0.508 e. The minimum atomic E-state index is -0.253. The standard InChI is InChI=1S/C16H14N2O4/c1-21-14-7-12-13(8-15(14)22-2)17-9-18(16(12)20)10-4-3-5-11(19)6-10/h3-9,19H,1-2H3. The molecular formula is C16H14N2O4. The maximum atomic E-state index is 12.7. The van der Waals surface area contributed by atoms with Gasteiger partial charge in [0.25, 0.3) is 5.56 Å². The van der Waals surface area contributed by atoms with Crippen molar-refractivity contribution in [2.75, 3.05) is 14.2 Å². The van der Waals surface area contributed by atoms with Crippen molar-refractivity contribution in [1.29, 1.82) is 0 Å². The van der Waals surface area contributed by atoms with Gasteiger partial charge >= 0.3 is 0 Å². The van der Waals surface area contributed by atoms with Gasteiger partial charge in [-0.3, -0.25) is 9.36 Å². The molecule has 0 bridgehead atoms. The number of phenols is 1. The number of benzene rings is 2. The lowest BCUT2D eigenvalue weighted by molar-refractivity contribution is 0.355. The zero-order valence-electron chi connectivity index (χ0n) is 12.1. The predicted octanol–water partition coefficient (Wildman–Crippen LogP) is 2.11. The van der Waals surface area contributed by atoms with Gasteiger partial charge in [0, 0.05) is 12.1 Å². The summed E-state index contributed by atoms with van der Waals surface area (Å²) in [7, 11) is 3.03. The third kappa shape index (κ3) is 2.24. The van der Waals surface area contributed by atoms with Crippen molar-refractivity contribution < 1.29 is 14.6 Å². The summed E-state index contributed by atoms with van der Waals surface area (Å²) in [4.78, 5) is 16.9. The molecular weight excluding hydrogens is 284 g/mol. The highest BCUT2D eigenvalue weighted by molar-refractivity contribution is 5.82. The molecule has 0 amide bonds. The molecule has 3 aromatic rings. The van der Waals surface area contributed by atoms with E-state index in [-0.39, 0.29) is 11.3 Å². The first-order valence-electron chi connectivity index (χ1n) is 6.57. The van der Waals surface area contributed by atoms with Crippen LogP contribution in [-0.4, -0.2) is 28.9 Å². The molecule has 1 N–H and O–H groups in total. The van der Waals surface area contributed by atoms with Crippen LogP contribution in [0.1, 0.15) is 0 Å². The number of fused-ring (bicyclic) bond motifs is 1. The monoisotopic (exact) mass is 298 g/mol. The molecule has 0 spiro atoms. The van der Waals surface area contributed by atoms with Crippen LogP contribution in [0.5, 0.6) is 17.2 Å². The van der Waals surface area contributed by atoms with Gasteiger partial charge in [0.1, 0.15) is 12.1 Å². The molecule has 0 saturated carbocycles. The Hall–Kier alpha value is -3.02. The molecule has 3 rings (SSSR count). The van der Waals surface area contributed by atoms with E-state index in [4.69, 9.17) is 9.47 Å². The lowest BCUT2D eigenvalue weighted by Gasteiger charge is -2.10. The van der Waals surface area contributed by atoms with Gasteiger partial charge in [-0.05, 0) is 18.2 Å². The third-order valence-corrected chi connectivity index (χ3v) is 3.37. The molecule has 0 aliphatic carbocycles. The van der Waals surface area contributed by atoms with Crippen LogP contribution in [0, 0.1) is 0 Å². The van der Waals surface area contributed by atoms with E-state index in [0.717, 1.165) is 0 Å². The molecule has 22 heavy (non-hydrogen) atoms. The topological polar surface area (TPSA) is 73.6 Å². The molecule has 1 aromatic heterocycles. The van der Waals surface area contributed by atoms with Gasteiger partial charge in [-0.2, -0.15) is 0 Å². The lowest BCUT2D eigenvalue weighted by Crippen LogP contribution is -2.18. The van der Waals surface area contributed by atoms with Gasteiger partial charge in [-0.1, -0.05) is 6.07 Å². The Morgan fingerprint density at radius 1 is 1.09 bits per heavy atom. The average Bonchev–Trinajstić information content (AvgIpc) is 2.54.